The molecule has 0 radical (unpaired) electrons. The van der Waals surface area contributed by atoms with Gasteiger partial charge in [-0.15, -0.1) is 0 Å². The fraction of sp³-hybridized carbons (Fsp3) is 0.214. The first-order valence-corrected chi connectivity index (χ1v) is 5.31. The number of rotatable bonds is 4. The number of anilines is 1. The minimum atomic E-state index is -0.843. The van der Waals surface area contributed by atoms with E-state index in [9.17, 15) is 4.79 Å². The summed E-state index contributed by atoms with van der Waals surface area (Å²) in [6.07, 6.45) is 1.53. The van der Waals surface area contributed by atoms with E-state index in [0.717, 1.165) is 11.3 Å². The van der Waals surface area contributed by atoms with Crippen molar-refractivity contribution < 1.29 is 9.90 Å². The molecule has 88 valence electrons. The van der Waals surface area contributed by atoms with Gasteiger partial charge in [0, 0.05) is 5.69 Å². The molecule has 1 aromatic carbocycles. The number of carbonyl (C=O) groups is 1. The first-order chi connectivity index (χ1) is 8.13. The maximum Gasteiger partial charge on any atom is 0.307 e. The van der Waals surface area contributed by atoms with Gasteiger partial charge in [0.05, 0.1) is 12.5 Å². The van der Waals surface area contributed by atoms with Crippen molar-refractivity contribution in [2.75, 3.05) is 5.32 Å². The first kappa shape index (κ1) is 12.9. The minimum Gasteiger partial charge on any atom is -0.481 e. The van der Waals surface area contributed by atoms with Crippen molar-refractivity contribution >= 4 is 11.7 Å². The van der Waals surface area contributed by atoms with E-state index in [1.807, 2.05) is 25.1 Å². The van der Waals surface area contributed by atoms with Crippen molar-refractivity contribution in [3.8, 4) is 11.8 Å². The molecule has 0 saturated heterocycles. The van der Waals surface area contributed by atoms with Crippen molar-refractivity contribution in [3.63, 3.8) is 0 Å². The van der Waals surface area contributed by atoms with Gasteiger partial charge < -0.3 is 10.4 Å². The molecule has 3 nitrogen and oxygen atoms in total. The van der Waals surface area contributed by atoms with Gasteiger partial charge in [-0.05, 0) is 24.6 Å². The van der Waals surface area contributed by atoms with E-state index in [1.165, 1.54) is 6.08 Å². The summed E-state index contributed by atoms with van der Waals surface area (Å²) in [5.41, 5.74) is 1.56. The summed E-state index contributed by atoms with van der Waals surface area (Å²) in [7, 11) is 0. The lowest BCUT2D eigenvalue weighted by Crippen LogP contribution is -2.14. The molecule has 0 aromatic heterocycles. The molecule has 3 heteroatoms. The zero-order chi connectivity index (χ0) is 12.7. The van der Waals surface area contributed by atoms with Crippen LogP contribution in [0.3, 0.4) is 0 Å². The summed E-state index contributed by atoms with van der Waals surface area (Å²) < 4.78 is 0. The van der Waals surface area contributed by atoms with E-state index in [4.69, 9.17) is 5.11 Å². The van der Waals surface area contributed by atoms with Crippen LogP contribution in [0.15, 0.2) is 36.9 Å². The first-order valence-electron chi connectivity index (χ1n) is 5.31. The Morgan fingerprint density at radius 3 is 2.94 bits per heavy atom. The Labute approximate surface area is 101 Å². The summed E-state index contributed by atoms with van der Waals surface area (Å²) in [6.45, 7) is 5.43. The van der Waals surface area contributed by atoms with Crippen LogP contribution in [-0.4, -0.2) is 17.1 Å². The number of carboxylic acid groups (broad SMARTS) is 1. The van der Waals surface area contributed by atoms with Crippen LogP contribution in [0.4, 0.5) is 5.69 Å². The van der Waals surface area contributed by atoms with Gasteiger partial charge in [0.15, 0.2) is 0 Å². The molecule has 0 aliphatic heterocycles. The maximum atomic E-state index is 10.7. The van der Waals surface area contributed by atoms with Gasteiger partial charge in [0.25, 0.3) is 0 Å². The number of para-hydroxylation sites is 1. The topological polar surface area (TPSA) is 49.3 Å². The molecular formula is C14H15NO2. The molecule has 1 rings (SSSR count). The average Bonchev–Trinajstić information content (AvgIpc) is 2.28. The van der Waals surface area contributed by atoms with Crippen molar-refractivity contribution in [2.24, 2.45) is 0 Å². The number of hydrogen-bond acceptors (Lipinski definition) is 2. The standard InChI is InChI=1S/C14H15NO2/c1-3-4-7-11(2)15-13-9-6-5-8-12(13)10-14(16)17/h3,5-6,8-9,11,15H,1,10H2,2H3,(H,16,17). The molecule has 0 bridgehead atoms. The zero-order valence-electron chi connectivity index (χ0n) is 9.73. The second-order valence-electron chi connectivity index (χ2n) is 3.59. The minimum absolute atomic E-state index is 0.00474. The summed E-state index contributed by atoms with van der Waals surface area (Å²) in [4.78, 5) is 10.7. The molecule has 2 N–H and O–H groups in total. The lowest BCUT2D eigenvalue weighted by atomic mass is 10.1. The number of hydrogen-bond donors (Lipinski definition) is 2. The van der Waals surface area contributed by atoms with Crippen LogP contribution in [0.1, 0.15) is 12.5 Å². The Balaban J connectivity index is 2.82. The number of nitrogens with one attached hydrogen (secondary N) is 1. The Kier molecular flexibility index (Phi) is 4.83. The monoisotopic (exact) mass is 229 g/mol. The van der Waals surface area contributed by atoms with Gasteiger partial charge in [0.2, 0.25) is 0 Å². The summed E-state index contributed by atoms with van der Waals surface area (Å²) in [5.74, 6) is 4.85. The summed E-state index contributed by atoms with van der Waals surface area (Å²) in [6, 6.07) is 7.28. The fourth-order valence-electron chi connectivity index (χ4n) is 1.43. The van der Waals surface area contributed by atoms with Gasteiger partial charge in [-0.25, -0.2) is 0 Å². The van der Waals surface area contributed by atoms with Gasteiger partial charge >= 0.3 is 5.97 Å². The third-order valence-electron chi connectivity index (χ3n) is 2.13. The Bertz CT molecular complexity index is 469. The lowest BCUT2D eigenvalue weighted by Gasteiger charge is -2.13. The van der Waals surface area contributed by atoms with E-state index < -0.39 is 5.97 Å². The third kappa shape index (κ3) is 4.43. The SMILES string of the molecule is C=CC#CC(C)Nc1ccccc1CC(=O)O. The second kappa shape index (κ2) is 6.39. The van der Waals surface area contributed by atoms with E-state index in [2.05, 4.69) is 23.7 Å². The highest BCUT2D eigenvalue weighted by Gasteiger charge is 2.07. The number of aliphatic carboxylic acids is 1. The Morgan fingerprint density at radius 1 is 1.59 bits per heavy atom. The molecular weight excluding hydrogens is 214 g/mol. The third-order valence-corrected chi connectivity index (χ3v) is 2.13. The quantitative estimate of drug-likeness (QED) is 0.779. The fourth-order valence-corrected chi connectivity index (χ4v) is 1.43. The van der Waals surface area contributed by atoms with E-state index in [0.29, 0.717) is 0 Å². The second-order valence-corrected chi connectivity index (χ2v) is 3.59. The van der Waals surface area contributed by atoms with Gasteiger partial charge in [-0.3, -0.25) is 4.79 Å². The van der Waals surface area contributed by atoms with Gasteiger partial charge in [-0.2, -0.15) is 0 Å². The largest absolute Gasteiger partial charge is 0.481 e. The molecule has 0 spiro atoms. The van der Waals surface area contributed by atoms with Gasteiger partial charge in [-0.1, -0.05) is 36.6 Å². The predicted molar refractivity (Wildman–Crippen MR) is 68.8 cm³/mol. The Hall–Kier alpha value is -2.21. The molecule has 1 aromatic rings. The van der Waals surface area contributed by atoms with Crippen LogP contribution >= 0.6 is 0 Å². The molecule has 0 aliphatic rings. The van der Waals surface area contributed by atoms with Gasteiger partial charge in [0.1, 0.15) is 0 Å². The molecule has 1 atom stereocenters. The molecule has 0 saturated carbocycles. The normalized spacial score (nSPS) is 10.9. The van der Waals surface area contributed by atoms with Crippen molar-refractivity contribution in [3.05, 3.63) is 42.5 Å². The van der Waals surface area contributed by atoms with Crippen molar-refractivity contribution in [1.29, 1.82) is 0 Å². The van der Waals surface area contributed by atoms with Crippen LogP contribution < -0.4 is 5.32 Å². The van der Waals surface area contributed by atoms with Crippen LogP contribution in [0.5, 0.6) is 0 Å². The zero-order valence-corrected chi connectivity index (χ0v) is 9.73. The predicted octanol–water partition coefficient (Wildman–Crippen LogP) is 2.30. The van der Waals surface area contributed by atoms with Crippen molar-refractivity contribution in [1.82, 2.24) is 0 Å². The highest BCUT2D eigenvalue weighted by atomic mass is 16.4. The number of carboxylic acids is 1. The highest BCUT2D eigenvalue weighted by Crippen LogP contribution is 2.16. The van der Waals surface area contributed by atoms with E-state index in [-0.39, 0.29) is 12.5 Å². The van der Waals surface area contributed by atoms with Crippen LogP contribution in [0, 0.1) is 11.8 Å². The molecule has 0 fully saturated rings. The number of allylic oxidation sites excluding steroid dienone is 1. The molecule has 17 heavy (non-hydrogen) atoms. The van der Waals surface area contributed by atoms with E-state index in [1.54, 1.807) is 6.07 Å². The van der Waals surface area contributed by atoms with Crippen molar-refractivity contribution in [2.45, 2.75) is 19.4 Å². The highest BCUT2D eigenvalue weighted by molar-refractivity contribution is 5.73. The number of benzene rings is 1. The summed E-state index contributed by atoms with van der Waals surface area (Å²) >= 11 is 0. The van der Waals surface area contributed by atoms with Crippen LogP contribution in [-0.2, 0) is 11.2 Å². The molecule has 1 unspecified atom stereocenters. The molecule has 0 aliphatic carbocycles. The van der Waals surface area contributed by atoms with Crippen LogP contribution in [0.2, 0.25) is 0 Å². The van der Waals surface area contributed by atoms with E-state index >= 15 is 0 Å². The maximum absolute atomic E-state index is 10.7. The van der Waals surface area contributed by atoms with Crippen LogP contribution in [0.25, 0.3) is 0 Å². The molecule has 0 amide bonds. The summed E-state index contributed by atoms with van der Waals surface area (Å²) in [5, 5.41) is 12.0. The average molecular weight is 229 g/mol. The Morgan fingerprint density at radius 2 is 2.29 bits per heavy atom. The lowest BCUT2D eigenvalue weighted by molar-refractivity contribution is -0.136. The molecule has 0 heterocycles. The smallest absolute Gasteiger partial charge is 0.307 e.